The molecular weight excluding hydrogens is 368 g/mol. The molecule has 7 heteroatoms. The first-order valence-electron chi connectivity index (χ1n) is 9.64. The van der Waals surface area contributed by atoms with E-state index in [0.29, 0.717) is 16.9 Å². The minimum absolute atomic E-state index is 0.0405. The topological polar surface area (TPSA) is 101 Å². The van der Waals surface area contributed by atoms with Crippen molar-refractivity contribution in [2.24, 2.45) is 0 Å². The molecule has 0 fully saturated rings. The Bertz CT molecular complexity index is 1120. The number of benzene rings is 1. The maximum atomic E-state index is 12.8. The molecule has 2 N–H and O–H groups in total. The molecule has 0 radical (unpaired) electrons. The fourth-order valence-electron chi connectivity index (χ4n) is 3.88. The third-order valence-electron chi connectivity index (χ3n) is 5.82. The zero-order valence-corrected chi connectivity index (χ0v) is 17.0. The Morgan fingerprint density at radius 1 is 1.07 bits per heavy atom. The number of aromatic amines is 1. The molecule has 29 heavy (non-hydrogen) atoms. The maximum Gasteiger partial charge on any atom is 0.439 e. The van der Waals surface area contributed by atoms with Gasteiger partial charge in [0.25, 0.3) is 5.91 Å². The van der Waals surface area contributed by atoms with Crippen molar-refractivity contribution in [1.82, 2.24) is 15.1 Å². The highest BCUT2D eigenvalue weighted by Crippen LogP contribution is 2.45. The summed E-state index contributed by atoms with van der Waals surface area (Å²) in [6, 6.07) is 9.36. The van der Waals surface area contributed by atoms with Crippen LogP contribution in [-0.2, 0) is 10.8 Å². The van der Waals surface area contributed by atoms with Gasteiger partial charge in [-0.15, -0.1) is 0 Å². The molecule has 1 aliphatic rings. The number of hydrogen-bond donors (Lipinski definition) is 2. The van der Waals surface area contributed by atoms with Crippen LogP contribution in [0.15, 0.2) is 45.8 Å². The normalized spacial score (nSPS) is 16.8. The van der Waals surface area contributed by atoms with Gasteiger partial charge in [0.05, 0.1) is 11.9 Å². The van der Waals surface area contributed by atoms with Crippen LogP contribution in [0.25, 0.3) is 11.5 Å². The third-order valence-corrected chi connectivity index (χ3v) is 5.82. The Balaban J connectivity index is 1.57. The van der Waals surface area contributed by atoms with Gasteiger partial charge in [-0.25, -0.2) is 4.79 Å². The van der Waals surface area contributed by atoms with E-state index in [1.807, 2.05) is 12.1 Å². The number of pyridine rings is 1. The first-order valence-corrected chi connectivity index (χ1v) is 9.64. The zero-order chi connectivity index (χ0) is 20.8. The second-order valence-corrected chi connectivity index (χ2v) is 8.86. The number of nitrogens with one attached hydrogen (secondary N) is 2. The fourth-order valence-corrected chi connectivity index (χ4v) is 3.88. The summed E-state index contributed by atoms with van der Waals surface area (Å²) in [5.41, 5.74) is 4.34. The van der Waals surface area contributed by atoms with Crippen LogP contribution in [-0.4, -0.2) is 21.0 Å². The van der Waals surface area contributed by atoms with Gasteiger partial charge in [-0.3, -0.25) is 19.3 Å². The molecule has 2 heterocycles. The van der Waals surface area contributed by atoms with Crippen LogP contribution in [0.1, 0.15) is 62.0 Å². The molecule has 1 amide bonds. The summed E-state index contributed by atoms with van der Waals surface area (Å²) in [7, 11) is 0. The number of carbonyl (C=O) groups excluding carboxylic acids is 1. The summed E-state index contributed by atoms with van der Waals surface area (Å²) in [5.74, 6) is -0.582. The van der Waals surface area contributed by atoms with Crippen LogP contribution in [0.3, 0.4) is 0 Å². The number of rotatable bonds is 3. The van der Waals surface area contributed by atoms with Crippen LogP contribution in [0.2, 0.25) is 0 Å². The minimum Gasteiger partial charge on any atom is -0.321 e. The van der Waals surface area contributed by atoms with Gasteiger partial charge in [-0.05, 0) is 59.1 Å². The van der Waals surface area contributed by atoms with E-state index in [2.05, 4.69) is 58.7 Å². The van der Waals surface area contributed by atoms with Crippen molar-refractivity contribution in [1.29, 1.82) is 0 Å². The first kappa shape index (κ1) is 19.1. The number of anilines is 1. The average molecular weight is 392 g/mol. The van der Waals surface area contributed by atoms with Crippen LogP contribution in [0.4, 0.5) is 5.69 Å². The molecule has 7 nitrogen and oxygen atoms in total. The number of carbonyl (C=O) groups is 1. The van der Waals surface area contributed by atoms with Gasteiger partial charge >= 0.3 is 5.76 Å². The highest BCUT2D eigenvalue weighted by atomic mass is 16.5. The van der Waals surface area contributed by atoms with Crippen LogP contribution >= 0.6 is 0 Å². The molecule has 0 bridgehead atoms. The SMILES string of the molecule is CC1(C)CCC(C)(C)c2cc(C(=O)Nc3ccc(-c4noc(=O)[nH]4)nc3)ccc21. The summed E-state index contributed by atoms with van der Waals surface area (Å²) >= 11 is 0. The van der Waals surface area contributed by atoms with E-state index in [9.17, 15) is 9.59 Å². The molecule has 150 valence electrons. The number of aromatic nitrogens is 3. The van der Waals surface area contributed by atoms with E-state index in [-0.39, 0.29) is 22.6 Å². The minimum atomic E-state index is -0.641. The highest BCUT2D eigenvalue weighted by Gasteiger charge is 2.37. The number of amides is 1. The lowest BCUT2D eigenvalue weighted by Crippen LogP contribution is -2.34. The highest BCUT2D eigenvalue weighted by molar-refractivity contribution is 6.04. The Morgan fingerprint density at radius 2 is 1.79 bits per heavy atom. The van der Waals surface area contributed by atoms with Crippen LogP contribution in [0, 0.1) is 0 Å². The average Bonchev–Trinajstić information content (AvgIpc) is 3.12. The summed E-state index contributed by atoms with van der Waals surface area (Å²) in [4.78, 5) is 30.5. The third kappa shape index (κ3) is 3.60. The first-order chi connectivity index (χ1) is 13.7. The van der Waals surface area contributed by atoms with Gasteiger partial charge in [0.1, 0.15) is 5.69 Å². The van der Waals surface area contributed by atoms with E-state index < -0.39 is 5.76 Å². The van der Waals surface area contributed by atoms with Crippen molar-refractivity contribution in [3.63, 3.8) is 0 Å². The molecule has 1 aromatic carbocycles. The number of nitrogens with zero attached hydrogens (tertiary/aromatic N) is 2. The quantitative estimate of drug-likeness (QED) is 0.701. The summed E-state index contributed by atoms with van der Waals surface area (Å²) < 4.78 is 4.48. The van der Waals surface area contributed by atoms with Gasteiger partial charge < -0.3 is 5.32 Å². The summed E-state index contributed by atoms with van der Waals surface area (Å²) in [5, 5.41) is 6.48. The van der Waals surface area contributed by atoms with Gasteiger partial charge in [0, 0.05) is 5.56 Å². The van der Waals surface area contributed by atoms with Crippen LogP contribution in [0.5, 0.6) is 0 Å². The number of fused-ring (bicyclic) bond motifs is 1. The summed E-state index contributed by atoms with van der Waals surface area (Å²) in [6.45, 7) is 8.99. The van der Waals surface area contributed by atoms with E-state index in [1.165, 1.54) is 17.3 Å². The van der Waals surface area contributed by atoms with Gasteiger partial charge in [-0.2, -0.15) is 0 Å². The second-order valence-electron chi connectivity index (χ2n) is 8.86. The molecule has 3 aromatic rings. The van der Waals surface area contributed by atoms with Crippen molar-refractivity contribution in [2.45, 2.75) is 51.4 Å². The molecule has 0 saturated carbocycles. The predicted octanol–water partition coefficient (Wildman–Crippen LogP) is 4.03. The molecule has 0 atom stereocenters. The van der Waals surface area contributed by atoms with E-state index in [0.717, 1.165) is 12.8 Å². The Kier molecular flexibility index (Phi) is 4.41. The number of hydrogen-bond acceptors (Lipinski definition) is 5. The second kappa shape index (κ2) is 6.69. The zero-order valence-electron chi connectivity index (χ0n) is 17.0. The lowest BCUT2D eigenvalue weighted by molar-refractivity contribution is 0.102. The monoisotopic (exact) mass is 392 g/mol. The van der Waals surface area contributed by atoms with Gasteiger partial charge in [0.15, 0.2) is 0 Å². The van der Waals surface area contributed by atoms with Crippen molar-refractivity contribution in [3.05, 3.63) is 63.8 Å². The Labute approximate surface area is 168 Å². The van der Waals surface area contributed by atoms with Crippen molar-refractivity contribution >= 4 is 11.6 Å². The molecule has 0 unspecified atom stereocenters. The molecule has 4 rings (SSSR count). The van der Waals surface area contributed by atoms with E-state index >= 15 is 0 Å². The molecule has 1 aliphatic carbocycles. The lowest BCUT2D eigenvalue weighted by Gasteiger charge is -2.42. The van der Waals surface area contributed by atoms with E-state index in [4.69, 9.17) is 0 Å². The molecule has 0 saturated heterocycles. The fraction of sp³-hybridized carbons (Fsp3) is 0.364. The Morgan fingerprint density at radius 3 is 2.41 bits per heavy atom. The van der Waals surface area contributed by atoms with Crippen molar-refractivity contribution in [2.75, 3.05) is 5.32 Å². The lowest BCUT2D eigenvalue weighted by atomic mass is 9.63. The number of H-pyrrole nitrogens is 1. The van der Waals surface area contributed by atoms with Gasteiger partial charge in [-0.1, -0.05) is 38.9 Å². The summed E-state index contributed by atoms with van der Waals surface area (Å²) in [6.07, 6.45) is 3.74. The predicted molar refractivity (Wildman–Crippen MR) is 110 cm³/mol. The molecule has 0 aliphatic heterocycles. The Hall–Kier alpha value is -3.22. The largest absolute Gasteiger partial charge is 0.439 e. The molecular formula is C22H24N4O3. The maximum absolute atomic E-state index is 12.8. The smallest absolute Gasteiger partial charge is 0.321 e. The molecule has 2 aromatic heterocycles. The van der Waals surface area contributed by atoms with E-state index in [1.54, 1.807) is 12.1 Å². The van der Waals surface area contributed by atoms with Crippen LogP contribution < -0.4 is 11.1 Å². The standard InChI is InChI=1S/C22H24N4O3/c1-21(2)9-10-22(3,4)16-11-13(5-7-15(16)21)19(27)24-14-6-8-17(23-12-14)18-25-20(28)29-26-18/h5-8,11-12H,9-10H2,1-4H3,(H,24,27)(H,25,26,28). The van der Waals surface area contributed by atoms with Crippen molar-refractivity contribution < 1.29 is 9.32 Å². The van der Waals surface area contributed by atoms with Crippen molar-refractivity contribution in [3.8, 4) is 11.5 Å². The van der Waals surface area contributed by atoms with Gasteiger partial charge in [0.2, 0.25) is 5.82 Å². The molecule has 0 spiro atoms.